The molecule has 1 aliphatic carbocycles. The van der Waals surface area contributed by atoms with Crippen LogP contribution < -0.4 is 0 Å². The summed E-state index contributed by atoms with van der Waals surface area (Å²) in [7, 11) is 7.66. The number of fused-ring (bicyclic) bond motifs is 1. The number of rotatable bonds is 3. The molecule has 1 aromatic heterocycles. The highest BCUT2D eigenvalue weighted by molar-refractivity contribution is 7.17. The largest absolute Gasteiger partial charge is 0.383 e. The highest BCUT2D eigenvalue weighted by atomic mass is 32.1. The van der Waals surface area contributed by atoms with E-state index < -0.39 is 0 Å². The van der Waals surface area contributed by atoms with Crippen molar-refractivity contribution in [3.8, 4) is 0 Å². The number of Topliss-reactive ketones (excluding diaryl/α,β-unsaturated/α-hetero) is 1. The van der Waals surface area contributed by atoms with E-state index in [0.29, 0.717) is 5.13 Å². The number of hydrogen-bond donors (Lipinski definition) is 0. The maximum Gasteiger partial charge on any atom is 0.211 e. The number of nitrogens with zero attached hydrogens (tertiary/aromatic N) is 4. The number of allylic oxidation sites excluding steroid dienone is 1. The summed E-state index contributed by atoms with van der Waals surface area (Å²) >= 11 is 1.37. The summed E-state index contributed by atoms with van der Waals surface area (Å²) in [5, 5.41) is 0.651. The minimum absolute atomic E-state index is 0.0961. The molecule has 0 radical (unpaired) electrons. The van der Waals surface area contributed by atoms with Gasteiger partial charge in [0.05, 0.1) is 16.9 Å². The van der Waals surface area contributed by atoms with Crippen molar-refractivity contribution < 1.29 is 4.79 Å². The zero-order valence-corrected chi connectivity index (χ0v) is 12.5. The lowest BCUT2D eigenvalue weighted by atomic mass is 9.96. The molecule has 0 saturated carbocycles. The topological polar surface area (TPSA) is 48.8 Å². The van der Waals surface area contributed by atoms with Crippen molar-refractivity contribution in [2.75, 3.05) is 28.2 Å². The lowest BCUT2D eigenvalue weighted by Crippen LogP contribution is -2.15. The van der Waals surface area contributed by atoms with Gasteiger partial charge in [-0.2, -0.15) is 0 Å². The molecular formula is C13H18N4OS. The molecule has 0 spiro atoms. The first-order valence-corrected chi connectivity index (χ1v) is 6.91. The van der Waals surface area contributed by atoms with Gasteiger partial charge in [0, 0.05) is 40.0 Å². The monoisotopic (exact) mass is 278 g/mol. The number of aryl methyl sites for hydroxylation is 1. The number of thiazole rings is 1. The van der Waals surface area contributed by atoms with Crippen molar-refractivity contribution in [2.45, 2.75) is 12.8 Å². The van der Waals surface area contributed by atoms with Crippen molar-refractivity contribution in [1.82, 2.24) is 14.8 Å². The fourth-order valence-corrected chi connectivity index (χ4v) is 2.78. The van der Waals surface area contributed by atoms with Gasteiger partial charge >= 0.3 is 0 Å². The molecule has 102 valence electrons. The predicted octanol–water partition coefficient (Wildman–Crippen LogP) is 1.94. The predicted molar refractivity (Wildman–Crippen MR) is 78.4 cm³/mol. The number of ketones is 1. The Bertz CT molecular complexity index is 543. The van der Waals surface area contributed by atoms with Crippen molar-refractivity contribution in [1.29, 1.82) is 0 Å². The van der Waals surface area contributed by atoms with E-state index in [2.05, 4.69) is 9.98 Å². The SMILES string of the molecule is CN(C)/C=C1/CCc2nc(/N=C/N(C)C)sc2C1=O. The standard InChI is InChI=1S/C13H18N4OS/c1-16(2)7-9-5-6-10-12(11(9)18)19-13(15-10)14-8-17(3)4/h7-8H,5-6H2,1-4H3/b9-7-,14-8+. The zero-order valence-electron chi connectivity index (χ0n) is 11.7. The van der Waals surface area contributed by atoms with Crippen LogP contribution in [0.25, 0.3) is 0 Å². The van der Waals surface area contributed by atoms with Crippen LogP contribution in [0.15, 0.2) is 16.8 Å². The fraction of sp³-hybridized carbons (Fsp3) is 0.462. The first kappa shape index (κ1) is 13.7. The second kappa shape index (κ2) is 5.52. The van der Waals surface area contributed by atoms with Crippen LogP contribution in [0.5, 0.6) is 0 Å². The molecule has 0 bridgehead atoms. The Labute approximate surface area is 117 Å². The second-order valence-corrected chi connectivity index (χ2v) is 5.91. The van der Waals surface area contributed by atoms with Crippen molar-refractivity contribution in [3.63, 3.8) is 0 Å². The van der Waals surface area contributed by atoms with Gasteiger partial charge in [-0.1, -0.05) is 11.3 Å². The molecule has 6 heteroatoms. The summed E-state index contributed by atoms with van der Waals surface area (Å²) in [6, 6.07) is 0. The van der Waals surface area contributed by atoms with Gasteiger partial charge in [-0.3, -0.25) is 4.79 Å². The van der Waals surface area contributed by atoms with Gasteiger partial charge in [0.1, 0.15) is 0 Å². The average Bonchev–Trinajstić information content (AvgIpc) is 2.74. The summed E-state index contributed by atoms with van der Waals surface area (Å²) in [6.45, 7) is 0. The van der Waals surface area contributed by atoms with Gasteiger partial charge in [-0.25, -0.2) is 9.98 Å². The van der Waals surface area contributed by atoms with Gasteiger partial charge in [0.25, 0.3) is 0 Å². The van der Waals surface area contributed by atoms with Crippen LogP contribution >= 0.6 is 11.3 Å². The Morgan fingerprint density at radius 3 is 2.58 bits per heavy atom. The Morgan fingerprint density at radius 2 is 1.95 bits per heavy atom. The van der Waals surface area contributed by atoms with Gasteiger partial charge in [0.15, 0.2) is 0 Å². The van der Waals surface area contributed by atoms with Crippen LogP contribution in [0.2, 0.25) is 0 Å². The summed E-state index contributed by atoms with van der Waals surface area (Å²) in [6.07, 6.45) is 5.17. The van der Waals surface area contributed by atoms with Gasteiger partial charge < -0.3 is 9.80 Å². The van der Waals surface area contributed by atoms with Crippen LogP contribution in [0.3, 0.4) is 0 Å². The molecule has 5 nitrogen and oxygen atoms in total. The quantitative estimate of drug-likeness (QED) is 0.481. The van der Waals surface area contributed by atoms with E-state index in [4.69, 9.17) is 0 Å². The number of hydrogen-bond acceptors (Lipinski definition) is 5. The summed E-state index contributed by atoms with van der Waals surface area (Å²) in [5.41, 5.74) is 1.74. The molecule has 0 amide bonds. The summed E-state index contributed by atoms with van der Waals surface area (Å²) < 4.78 is 0. The lowest BCUT2D eigenvalue weighted by Gasteiger charge is -2.14. The fourth-order valence-electron chi connectivity index (χ4n) is 1.85. The first-order chi connectivity index (χ1) is 8.97. The number of aromatic nitrogens is 1. The first-order valence-electron chi connectivity index (χ1n) is 6.09. The molecule has 0 fully saturated rings. The Morgan fingerprint density at radius 1 is 1.21 bits per heavy atom. The van der Waals surface area contributed by atoms with Crippen molar-refractivity contribution in [2.24, 2.45) is 4.99 Å². The minimum atomic E-state index is 0.0961. The maximum absolute atomic E-state index is 12.3. The van der Waals surface area contributed by atoms with E-state index in [-0.39, 0.29) is 5.78 Å². The molecule has 0 saturated heterocycles. The van der Waals surface area contributed by atoms with E-state index in [1.165, 1.54) is 11.3 Å². The van der Waals surface area contributed by atoms with E-state index >= 15 is 0 Å². The van der Waals surface area contributed by atoms with Crippen LogP contribution in [0.4, 0.5) is 5.13 Å². The Balaban J connectivity index is 2.27. The molecule has 1 aromatic rings. The third-order valence-corrected chi connectivity index (χ3v) is 3.63. The zero-order chi connectivity index (χ0) is 14.0. The van der Waals surface area contributed by atoms with Crippen LogP contribution in [-0.2, 0) is 6.42 Å². The second-order valence-electron chi connectivity index (χ2n) is 4.93. The third kappa shape index (κ3) is 3.20. The van der Waals surface area contributed by atoms with Crippen LogP contribution in [0.1, 0.15) is 21.8 Å². The van der Waals surface area contributed by atoms with Crippen LogP contribution in [0, 0.1) is 0 Å². The number of carbonyl (C=O) groups is 1. The molecule has 0 aromatic carbocycles. The summed E-state index contributed by atoms with van der Waals surface area (Å²) in [4.78, 5) is 25.5. The highest BCUT2D eigenvalue weighted by Crippen LogP contribution is 2.33. The summed E-state index contributed by atoms with van der Waals surface area (Å²) in [5.74, 6) is 0.0961. The third-order valence-electron chi connectivity index (χ3n) is 2.63. The molecule has 0 N–H and O–H groups in total. The average molecular weight is 278 g/mol. The lowest BCUT2D eigenvalue weighted by molar-refractivity contribution is 0.102. The minimum Gasteiger partial charge on any atom is -0.383 e. The van der Waals surface area contributed by atoms with Gasteiger partial charge in [0.2, 0.25) is 10.9 Å². The van der Waals surface area contributed by atoms with Crippen LogP contribution in [-0.4, -0.2) is 55.1 Å². The Hall–Kier alpha value is -1.69. The Kier molecular flexibility index (Phi) is 3.99. The van der Waals surface area contributed by atoms with Crippen molar-refractivity contribution in [3.05, 3.63) is 22.3 Å². The molecular weight excluding hydrogens is 260 g/mol. The van der Waals surface area contributed by atoms with Gasteiger partial charge in [-0.15, -0.1) is 0 Å². The molecule has 19 heavy (non-hydrogen) atoms. The number of aliphatic imine (C=N–C) groups is 1. The van der Waals surface area contributed by atoms with Crippen molar-refractivity contribution >= 4 is 28.6 Å². The van der Waals surface area contributed by atoms with E-state index in [0.717, 1.165) is 29.0 Å². The number of carbonyl (C=O) groups excluding carboxylic acids is 1. The highest BCUT2D eigenvalue weighted by Gasteiger charge is 2.26. The smallest absolute Gasteiger partial charge is 0.211 e. The normalized spacial score (nSPS) is 17.1. The molecule has 1 heterocycles. The molecule has 2 rings (SSSR count). The molecule has 0 atom stereocenters. The van der Waals surface area contributed by atoms with E-state index in [1.807, 2.05) is 44.2 Å². The maximum atomic E-state index is 12.3. The van der Waals surface area contributed by atoms with E-state index in [1.54, 1.807) is 6.34 Å². The molecule has 0 aliphatic heterocycles. The molecule has 0 unspecified atom stereocenters. The van der Waals surface area contributed by atoms with E-state index in [9.17, 15) is 4.79 Å². The van der Waals surface area contributed by atoms with Gasteiger partial charge in [-0.05, 0) is 12.8 Å². The molecule has 1 aliphatic rings.